The van der Waals surface area contributed by atoms with Crippen molar-refractivity contribution in [3.63, 3.8) is 0 Å². The van der Waals surface area contributed by atoms with Gasteiger partial charge in [0.15, 0.2) is 6.61 Å². The Morgan fingerprint density at radius 1 is 1.13 bits per heavy atom. The van der Waals surface area contributed by atoms with Gasteiger partial charge in [0.25, 0.3) is 11.8 Å². The van der Waals surface area contributed by atoms with Crippen LogP contribution in [0, 0.1) is 13.8 Å². The van der Waals surface area contributed by atoms with Crippen molar-refractivity contribution >= 4 is 23.4 Å². The van der Waals surface area contributed by atoms with E-state index in [2.05, 4.69) is 15.8 Å². The van der Waals surface area contributed by atoms with Crippen molar-refractivity contribution in [1.29, 1.82) is 0 Å². The number of hydrazine groups is 1. The summed E-state index contributed by atoms with van der Waals surface area (Å²) in [6.07, 6.45) is 1.31. The first-order valence-corrected chi connectivity index (χ1v) is 7.24. The first kappa shape index (κ1) is 16.8. The molecule has 0 saturated carbocycles. The molecule has 6 nitrogen and oxygen atoms in total. The predicted molar refractivity (Wildman–Crippen MR) is 86.3 cm³/mol. The molecule has 0 unspecified atom stereocenters. The largest absolute Gasteiger partial charge is 0.484 e. The number of amides is 2. The molecule has 0 fully saturated rings. The molecule has 1 heterocycles. The second-order valence-electron chi connectivity index (χ2n) is 4.91. The number of hydrogen-bond donors (Lipinski definition) is 2. The molecular formula is C16H16ClN3O3. The standard InChI is InChI=1S/C16H16ClN3O3/c1-10-3-5-13(7-11(10)2)23-9-15(21)19-20-16(22)12-4-6-14(17)18-8-12/h3-8H,9H2,1-2H3,(H,19,21)(H,20,22). The lowest BCUT2D eigenvalue weighted by Crippen LogP contribution is -2.43. The quantitative estimate of drug-likeness (QED) is 0.664. The molecule has 2 rings (SSSR count). The van der Waals surface area contributed by atoms with Gasteiger partial charge in [-0.25, -0.2) is 4.98 Å². The third kappa shape index (κ3) is 4.96. The minimum Gasteiger partial charge on any atom is -0.484 e. The van der Waals surface area contributed by atoms with E-state index in [1.54, 1.807) is 6.07 Å². The molecule has 0 spiro atoms. The first-order valence-electron chi connectivity index (χ1n) is 6.86. The number of nitrogens with zero attached hydrogens (tertiary/aromatic N) is 1. The average Bonchev–Trinajstić information content (AvgIpc) is 2.54. The number of nitrogens with one attached hydrogen (secondary N) is 2. The lowest BCUT2D eigenvalue weighted by molar-refractivity contribution is -0.123. The van der Waals surface area contributed by atoms with Crippen LogP contribution < -0.4 is 15.6 Å². The van der Waals surface area contributed by atoms with Gasteiger partial charge in [-0.05, 0) is 49.2 Å². The number of carbonyl (C=O) groups excluding carboxylic acids is 2. The highest BCUT2D eigenvalue weighted by Crippen LogP contribution is 2.16. The molecule has 1 aromatic carbocycles. The zero-order valence-corrected chi connectivity index (χ0v) is 13.5. The number of benzene rings is 1. The van der Waals surface area contributed by atoms with Crippen LogP contribution in [0.1, 0.15) is 21.5 Å². The van der Waals surface area contributed by atoms with Gasteiger partial charge >= 0.3 is 0 Å². The molecule has 0 bridgehead atoms. The smallest absolute Gasteiger partial charge is 0.276 e. The molecule has 7 heteroatoms. The van der Waals surface area contributed by atoms with Crippen molar-refractivity contribution in [2.75, 3.05) is 6.61 Å². The van der Waals surface area contributed by atoms with Gasteiger partial charge in [0.05, 0.1) is 5.56 Å². The maximum atomic E-state index is 11.8. The molecule has 0 aliphatic carbocycles. The van der Waals surface area contributed by atoms with Gasteiger partial charge in [0.1, 0.15) is 10.9 Å². The molecule has 2 aromatic rings. The van der Waals surface area contributed by atoms with Crippen LogP contribution in [0.5, 0.6) is 5.75 Å². The summed E-state index contributed by atoms with van der Waals surface area (Å²) in [6, 6.07) is 8.54. The van der Waals surface area contributed by atoms with Crippen LogP contribution in [0.2, 0.25) is 5.15 Å². The molecular weight excluding hydrogens is 318 g/mol. The molecule has 0 atom stereocenters. The van der Waals surface area contributed by atoms with Gasteiger partial charge in [0.2, 0.25) is 0 Å². The Morgan fingerprint density at radius 3 is 2.57 bits per heavy atom. The van der Waals surface area contributed by atoms with Gasteiger partial charge in [-0.3, -0.25) is 20.4 Å². The third-order valence-corrected chi connectivity index (χ3v) is 3.38. The van der Waals surface area contributed by atoms with Crippen molar-refractivity contribution in [3.05, 3.63) is 58.4 Å². The van der Waals surface area contributed by atoms with Crippen molar-refractivity contribution in [2.45, 2.75) is 13.8 Å². The Balaban J connectivity index is 1.79. The Hall–Kier alpha value is -2.60. The van der Waals surface area contributed by atoms with Crippen molar-refractivity contribution in [2.24, 2.45) is 0 Å². The number of rotatable bonds is 4. The normalized spacial score (nSPS) is 10.0. The van der Waals surface area contributed by atoms with Gasteiger partial charge in [-0.2, -0.15) is 0 Å². The van der Waals surface area contributed by atoms with Gasteiger partial charge in [-0.15, -0.1) is 0 Å². The first-order chi connectivity index (χ1) is 11.0. The summed E-state index contributed by atoms with van der Waals surface area (Å²) in [5, 5.41) is 0.285. The Kier molecular flexibility index (Phi) is 5.54. The lowest BCUT2D eigenvalue weighted by atomic mass is 10.1. The Bertz CT molecular complexity index is 717. The summed E-state index contributed by atoms with van der Waals surface area (Å²) in [7, 11) is 0. The summed E-state index contributed by atoms with van der Waals surface area (Å²) in [5.74, 6) is -0.372. The third-order valence-electron chi connectivity index (χ3n) is 3.15. The van der Waals surface area contributed by atoms with E-state index in [0.29, 0.717) is 5.75 Å². The average molecular weight is 334 g/mol. The summed E-state index contributed by atoms with van der Waals surface area (Å²) >= 11 is 5.64. The predicted octanol–water partition coefficient (Wildman–Crippen LogP) is 2.19. The Labute approximate surface area is 138 Å². The number of carbonyl (C=O) groups is 2. The highest BCUT2D eigenvalue weighted by molar-refractivity contribution is 6.29. The van der Waals surface area contributed by atoms with Crippen molar-refractivity contribution in [3.8, 4) is 5.75 Å². The SMILES string of the molecule is Cc1ccc(OCC(=O)NNC(=O)c2ccc(Cl)nc2)cc1C. The molecule has 1 aromatic heterocycles. The van der Waals surface area contributed by atoms with E-state index in [-0.39, 0.29) is 17.3 Å². The number of aromatic nitrogens is 1. The summed E-state index contributed by atoms with van der Waals surface area (Å²) < 4.78 is 5.36. The number of ether oxygens (including phenoxy) is 1. The fourth-order valence-electron chi connectivity index (χ4n) is 1.70. The minimum atomic E-state index is -0.492. The number of hydrogen-bond acceptors (Lipinski definition) is 4. The fourth-order valence-corrected chi connectivity index (χ4v) is 1.81. The molecule has 0 aliphatic heterocycles. The van der Waals surface area contributed by atoms with Crippen molar-refractivity contribution < 1.29 is 14.3 Å². The van der Waals surface area contributed by atoms with Gasteiger partial charge < -0.3 is 4.74 Å². The van der Waals surface area contributed by atoms with E-state index in [1.165, 1.54) is 18.3 Å². The topological polar surface area (TPSA) is 80.3 Å². The van der Waals surface area contributed by atoms with Crippen LogP contribution in [-0.2, 0) is 4.79 Å². The van der Waals surface area contributed by atoms with E-state index in [4.69, 9.17) is 16.3 Å². The molecule has 23 heavy (non-hydrogen) atoms. The second kappa shape index (κ2) is 7.60. The number of halogens is 1. The van der Waals surface area contributed by atoms with E-state index >= 15 is 0 Å². The van der Waals surface area contributed by atoms with Crippen LogP contribution in [0.3, 0.4) is 0 Å². The van der Waals surface area contributed by atoms with E-state index in [0.717, 1.165) is 11.1 Å². The van der Waals surface area contributed by atoms with Gasteiger partial charge in [0, 0.05) is 6.20 Å². The molecule has 2 amide bonds. The van der Waals surface area contributed by atoms with E-state index < -0.39 is 11.8 Å². The zero-order valence-electron chi connectivity index (χ0n) is 12.7. The fraction of sp³-hybridized carbons (Fsp3) is 0.188. The summed E-state index contributed by atoms with van der Waals surface area (Å²) in [6.45, 7) is 3.75. The Morgan fingerprint density at radius 2 is 1.91 bits per heavy atom. The van der Waals surface area contributed by atoms with Crippen LogP contribution in [-0.4, -0.2) is 23.4 Å². The van der Waals surface area contributed by atoms with Crippen molar-refractivity contribution in [1.82, 2.24) is 15.8 Å². The highest BCUT2D eigenvalue weighted by atomic mass is 35.5. The van der Waals surface area contributed by atoms with E-state index in [1.807, 2.05) is 26.0 Å². The molecule has 120 valence electrons. The highest BCUT2D eigenvalue weighted by Gasteiger charge is 2.08. The molecule has 0 aliphatic rings. The van der Waals surface area contributed by atoms with E-state index in [9.17, 15) is 9.59 Å². The van der Waals surface area contributed by atoms with Gasteiger partial charge in [-0.1, -0.05) is 17.7 Å². The molecule has 2 N–H and O–H groups in total. The summed E-state index contributed by atoms with van der Waals surface area (Å²) in [5.41, 5.74) is 7.04. The van der Waals surface area contributed by atoms with Crippen LogP contribution in [0.4, 0.5) is 0 Å². The maximum Gasteiger partial charge on any atom is 0.276 e. The van der Waals surface area contributed by atoms with Crippen LogP contribution in [0.15, 0.2) is 36.5 Å². The van der Waals surface area contributed by atoms with Crippen LogP contribution >= 0.6 is 11.6 Å². The molecule has 0 saturated heterocycles. The number of pyridine rings is 1. The zero-order chi connectivity index (χ0) is 16.8. The summed E-state index contributed by atoms with van der Waals surface area (Å²) in [4.78, 5) is 27.2. The lowest BCUT2D eigenvalue weighted by Gasteiger charge is -2.10. The monoisotopic (exact) mass is 333 g/mol. The minimum absolute atomic E-state index is 0.207. The number of aryl methyl sites for hydroxylation is 2. The molecule has 0 radical (unpaired) electrons. The maximum absolute atomic E-state index is 11.8. The van der Waals surface area contributed by atoms with Crippen LogP contribution in [0.25, 0.3) is 0 Å². The second-order valence-corrected chi connectivity index (χ2v) is 5.29.